The maximum atomic E-state index is 13.3. The third kappa shape index (κ3) is 4.84. The van der Waals surface area contributed by atoms with Crippen LogP contribution in [-0.4, -0.2) is 57.6 Å². The number of pyridine rings is 1. The third-order valence-electron chi connectivity index (χ3n) is 3.57. The molecule has 12 heteroatoms. The number of β-amino-alcohol motifs (C(OH)–C–C–N with tert-alkyl or cyclic N) is 1. The Morgan fingerprint density at radius 3 is 2.74 bits per heavy atom. The van der Waals surface area contributed by atoms with E-state index in [1.165, 1.54) is 6.07 Å². The van der Waals surface area contributed by atoms with E-state index in [0.29, 0.717) is 0 Å². The van der Waals surface area contributed by atoms with Crippen molar-refractivity contribution in [1.29, 1.82) is 0 Å². The minimum Gasteiger partial charge on any atom is -0.482 e. The van der Waals surface area contributed by atoms with Gasteiger partial charge in [0.25, 0.3) is 5.91 Å². The molecule has 0 aromatic carbocycles. The van der Waals surface area contributed by atoms with E-state index < -0.39 is 30.4 Å². The summed E-state index contributed by atoms with van der Waals surface area (Å²) in [5.41, 5.74) is -0.0815. The number of carbonyl (C=O) groups is 1. The Hall–Kier alpha value is -2.89. The summed E-state index contributed by atoms with van der Waals surface area (Å²) in [5.74, 6) is -1.10. The van der Waals surface area contributed by atoms with Crippen LogP contribution in [0.1, 0.15) is 16.4 Å². The largest absolute Gasteiger partial charge is 0.574 e. The monoisotopic (exact) mass is 391 g/mol. The molecule has 1 aliphatic rings. The predicted molar refractivity (Wildman–Crippen MR) is 78.6 cm³/mol. The summed E-state index contributed by atoms with van der Waals surface area (Å²) >= 11 is 0. The summed E-state index contributed by atoms with van der Waals surface area (Å²) in [6.07, 6.45) is -5.51. The maximum Gasteiger partial charge on any atom is 0.574 e. The number of amides is 1. The number of aliphatic hydroxyl groups is 1. The zero-order valence-electron chi connectivity index (χ0n) is 13.5. The lowest BCUT2D eigenvalue weighted by Gasteiger charge is -2.12. The summed E-state index contributed by atoms with van der Waals surface area (Å²) in [6, 6.07) is 2.18. The fourth-order valence-corrected chi connectivity index (χ4v) is 2.33. The Bertz CT molecular complexity index is 785. The highest BCUT2D eigenvalue weighted by Crippen LogP contribution is 2.22. The van der Waals surface area contributed by atoms with Gasteiger partial charge in [0.15, 0.2) is 12.3 Å². The molecule has 1 amide bonds. The second-order valence-corrected chi connectivity index (χ2v) is 5.59. The van der Waals surface area contributed by atoms with Crippen molar-refractivity contribution in [3.8, 4) is 11.6 Å². The summed E-state index contributed by atoms with van der Waals surface area (Å²) in [7, 11) is 0. The average Bonchev–Trinajstić information content (AvgIpc) is 3.19. The van der Waals surface area contributed by atoms with E-state index >= 15 is 0 Å². The molecule has 1 N–H and O–H groups in total. The minimum absolute atomic E-state index is 0.0190. The summed E-state index contributed by atoms with van der Waals surface area (Å²) in [4.78, 5) is 20.6. The van der Waals surface area contributed by atoms with Crippen LogP contribution in [0.25, 0.3) is 0 Å². The normalized spacial score (nSPS) is 20.0. The number of nitrogens with zero attached hydrogens (tertiary/aromatic N) is 3. The van der Waals surface area contributed by atoms with Crippen molar-refractivity contribution in [3.05, 3.63) is 36.2 Å². The summed E-state index contributed by atoms with van der Waals surface area (Å²) in [6.45, 7) is -0.601. The predicted octanol–water partition coefficient (Wildman–Crippen LogP) is 1.70. The molecule has 1 fully saturated rings. The van der Waals surface area contributed by atoms with E-state index in [0.717, 1.165) is 23.4 Å². The molecule has 0 aliphatic carbocycles. The number of likely N-dealkylation sites (tertiary alicyclic amines) is 1. The van der Waals surface area contributed by atoms with Crippen LogP contribution in [0.15, 0.2) is 29.0 Å². The number of ether oxygens (including phenoxy) is 2. The van der Waals surface area contributed by atoms with Crippen molar-refractivity contribution in [2.24, 2.45) is 0 Å². The van der Waals surface area contributed by atoms with Gasteiger partial charge in [-0.15, -0.1) is 13.2 Å². The Balaban J connectivity index is 1.54. The van der Waals surface area contributed by atoms with Gasteiger partial charge in [-0.25, -0.2) is 14.4 Å². The molecule has 1 saturated heterocycles. The molecule has 0 bridgehead atoms. The van der Waals surface area contributed by atoms with Gasteiger partial charge in [0.05, 0.1) is 19.3 Å². The van der Waals surface area contributed by atoms with Crippen LogP contribution in [0.5, 0.6) is 11.6 Å². The van der Waals surface area contributed by atoms with Crippen molar-refractivity contribution >= 4 is 5.91 Å². The van der Waals surface area contributed by atoms with Gasteiger partial charge < -0.3 is 23.9 Å². The van der Waals surface area contributed by atoms with Gasteiger partial charge in [-0.2, -0.15) is 0 Å². The Labute approximate surface area is 149 Å². The number of alkyl halides is 4. The van der Waals surface area contributed by atoms with Gasteiger partial charge in [-0.3, -0.25) is 4.79 Å². The molecule has 2 atom stereocenters. The van der Waals surface area contributed by atoms with Crippen molar-refractivity contribution in [2.45, 2.75) is 25.2 Å². The van der Waals surface area contributed by atoms with E-state index in [1.807, 2.05) is 0 Å². The molecule has 8 nitrogen and oxygen atoms in total. The van der Waals surface area contributed by atoms with Crippen molar-refractivity contribution in [1.82, 2.24) is 14.9 Å². The van der Waals surface area contributed by atoms with Gasteiger partial charge in [-0.1, -0.05) is 0 Å². The van der Waals surface area contributed by atoms with Crippen LogP contribution in [-0.2, 0) is 6.61 Å². The lowest BCUT2D eigenvalue weighted by atomic mass is 10.3. The molecule has 0 saturated carbocycles. The highest BCUT2D eigenvalue weighted by Gasteiger charge is 2.35. The highest BCUT2D eigenvalue weighted by molar-refractivity contribution is 5.92. The molecule has 1 aliphatic heterocycles. The van der Waals surface area contributed by atoms with E-state index in [4.69, 9.17) is 9.15 Å². The first-order valence-corrected chi connectivity index (χ1v) is 7.61. The number of halogens is 4. The fourth-order valence-electron chi connectivity index (χ4n) is 2.33. The van der Waals surface area contributed by atoms with Crippen molar-refractivity contribution < 1.29 is 41.4 Å². The Morgan fingerprint density at radius 1 is 1.37 bits per heavy atom. The van der Waals surface area contributed by atoms with Gasteiger partial charge in [-0.05, 0) is 6.07 Å². The SMILES string of the molecule is O=C(c1coc(COc2ccc(OC(F)(F)F)nc2)n1)N1C[C@H](O)[C@@H](F)C1. The van der Waals surface area contributed by atoms with Crippen molar-refractivity contribution in [2.75, 3.05) is 13.1 Å². The Kier molecular flexibility index (Phi) is 5.17. The first-order chi connectivity index (χ1) is 12.7. The molecule has 0 spiro atoms. The van der Waals surface area contributed by atoms with Crippen LogP contribution in [0, 0.1) is 0 Å². The number of hydrogen-bond acceptors (Lipinski definition) is 7. The van der Waals surface area contributed by atoms with E-state index in [1.54, 1.807) is 0 Å². The zero-order chi connectivity index (χ0) is 19.6. The van der Waals surface area contributed by atoms with E-state index in [-0.39, 0.29) is 37.0 Å². The fraction of sp³-hybridized carbons (Fsp3) is 0.400. The smallest absolute Gasteiger partial charge is 0.482 e. The second kappa shape index (κ2) is 7.39. The lowest BCUT2D eigenvalue weighted by Crippen LogP contribution is -2.29. The minimum atomic E-state index is -4.84. The first-order valence-electron chi connectivity index (χ1n) is 7.61. The molecular formula is C15H13F4N3O5. The topological polar surface area (TPSA) is 97.9 Å². The standard InChI is InChI=1S/C15H13F4N3O5/c16-9-4-22(5-11(9)23)14(24)10-6-26-13(21-10)7-25-8-1-2-12(20-3-8)27-15(17,18)19/h1-3,6,9,11,23H,4-5,7H2/t9-,11-/m0/s1. The summed E-state index contributed by atoms with van der Waals surface area (Å²) in [5, 5.41) is 9.35. The van der Waals surface area contributed by atoms with Crippen LogP contribution in [0.3, 0.4) is 0 Å². The van der Waals surface area contributed by atoms with Crippen LogP contribution in [0.4, 0.5) is 17.6 Å². The molecule has 2 aromatic rings. The number of carbonyl (C=O) groups excluding carboxylic acids is 1. The van der Waals surface area contributed by atoms with Gasteiger partial charge >= 0.3 is 6.36 Å². The van der Waals surface area contributed by atoms with Gasteiger partial charge in [0.1, 0.15) is 24.3 Å². The number of rotatable bonds is 5. The first kappa shape index (κ1) is 18.9. The maximum absolute atomic E-state index is 13.3. The molecule has 2 aromatic heterocycles. The van der Waals surface area contributed by atoms with Crippen molar-refractivity contribution in [3.63, 3.8) is 0 Å². The molecule has 3 rings (SSSR count). The number of oxazole rings is 1. The Morgan fingerprint density at radius 2 is 2.15 bits per heavy atom. The van der Waals surface area contributed by atoms with Gasteiger partial charge in [0.2, 0.25) is 11.8 Å². The molecule has 3 heterocycles. The lowest BCUT2D eigenvalue weighted by molar-refractivity contribution is -0.276. The average molecular weight is 391 g/mol. The number of aromatic nitrogens is 2. The molecular weight excluding hydrogens is 378 g/mol. The second-order valence-electron chi connectivity index (χ2n) is 5.59. The van der Waals surface area contributed by atoms with E-state index in [9.17, 15) is 27.5 Å². The molecule has 0 radical (unpaired) electrons. The molecule has 0 unspecified atom stereocenters. The third-order valence-corrected chi connectivity index (χ3v) is 3.57. The zero-order valence-corrected chi connectivity index (χ0v) is 13.5. The van der Waals surface area contributed by atoms with Gasteiger partial charge in [0, 0.05) is 6.07 Å². The number of aliphatic hydroxyl groups excluding tert-OH is 1. The van der Waals surface area contributed by atoms with E-state index in [2.05, 4.69) is 14.7 Å². The highest BCUT2D eigenvalue weighted by atomic mass is 19.4. The molecule has 146 valence electrons. The summed E-state index contributed by atoms with van der Waals surface area (Å²) < 4.78 is 63.4. The number of hydrogen-bond donors (Lipinski definition) is 1. The van der Waals surface area contributed by atoms with Crippen LogP contribution in [0.2, 0.25) is 0 Å². The molecule has 27 heavy (non-hydrogen) atoms. The quantitative estimate of drug-likeness (QED) is 0.775. The van der Waals surface area contributed by atoms with Crippen LogP contribution >= 0.6 is 0 Å². The van der Waals surface area contributed by atoms with Crippen LogP contribution < -0.4 is 9.47 Å².